The summed E-state index contributed by atoms with van der Waals surface area (Å²) in [5.41, 5.74) is 0.697. The van der Waals surface area contributed by atoms with Crippen LogP contribution in [0.15, 0.2) is 34.9 Å². The van der Waals surface area contributed by atoms with E-state index in [1.165, 1.54) is 23.1 Å². The average Bonchev–Trinajstić information content (AvgIpc) is 3.17. The van der Waals surface area contributed by atoms with Crippen LogP contribution in [0, 0.1) is 0 Å². The normalized spacial score (nSPS) is 10.7. The van der Waals surface area contributed by atoms with Crippen LogP contribution < -0.4 is 5.32 Å². The lowest BCUT2D eigenvalue weighted by molar-refractivity contribution is -0.113. The van der Waals surface area contributed by atoms with Gasteiger partial charge in [-0.25, -0.2) is 9.97 Å². The zero-order chi connectivity index (χ0) is 16.2. The first kappa shape index (κ1) is 16.3. The molecule has 118 valence electrons. The third kappa shape index (κ3) is 4.23. The van der Waals surface area contributed by atoms with Gasteiger partial charge in [0.2, 0.25) is 11.1 Å². The van der Waals surface area contributed by atoms with Crippen LogP contribution >= 0.6 is 46.3 Å². The van der Waals surface area contributed by atoms with Gasteiger partial charge in [0.05, 0.1) is 10.8 Å². The molecule has 1 aromatic carbocycles. The van der Waals surface area contributed by atoms with E-state index in [9.17, 15) is 4.79 Å². The lowest BCUT2D eigenvalue weighted by atomic mass is 10.2. The van der Waals surface area contributed by atoms with E-state index in [1.54, 1.807) is 29.8 Å². The second kappa shape index (κ2) is 7.31. The molecular weight excluding hydrogens is 377 g/mol. The van der Waals surface area contributed by atoms with Gasteiger partial charge in [0.15, 0.2) is 11.0 Å². The molecule has 0 fully saturated rings. The Balaban J connectivity index is 1.62. The Kier molecular flexibility index (Phi) is 5.16. The van der Waals surface area contributed by atoms with Gasteiger partial charge in [-0.15, -0.1) is 16.4 Å². The summed E-state index contributed by atoms with van der Waals surface area (Å²) in [5.74, 6) is 0.543. The fraction of sp³-hybridized carbons (Fsp3) is 0.0769. The topological polar surface area (TPSA) is 83.6 Å². The molecule has 2 aromatic heterocycles. The molecule has 0 aliphatic carbocycles. The van der Waals surface area contributed by atoms with E-state index in [-0.39, 0.29) is 11.7 Å². The van der Waals surface area contributed by atoms with Crippen LogP contribution in [0.1, 0.15) is 0 Å². The fourth-order valence-corrected chi connectivity index (χ4v) is 3.33. The Morgan fingerprint density at radius 3 is 3.00 bits per heavy atom. The number of thioether (sulfide) groups is 1. The number of hydrogen-bond acceptors (Lipinski definition) is 6. The van der Waals surface area contributed by atoms with E-state index >= 15 is 0 Å². The number of benzene rings is 1. The van der Waals surface area contributed by atoms with Crippen molar-refractivity contribution in [2.24, 2.45) is 0 Å². The van der Waals surface area contributed by atoms with Gasteiger partial charge >= 0.3 is 0 Å². The summed E-state index contributed by atoms with van der Waals surface area (Å²) in [4.78, 5) is 20.1. The second-order valence-electron chi connectivity index (χ2n) is 4.26. The molecule has 0 saturated heterocycles. The highest BCUT2D eigenvalue weighted by molar-refractivity contribution is 7.99. The summed E-state index contributed by atoms with van der Waals surface area (Å²) in [6.45, 7) is 0. The number of amides is 1. The number of H-pyrrole nitrogens is 1. The highest BCUT2D eigenvalue weighted by Gasteiger charge is 2.12. The van der Waals surface area contributed by atoms with Crippen LogP contribution in [0.2, 0.25) is 10.0 Å². The minimum Gasteiger partial charge on any atom is -0.301 e. The lowest BCUT2D eigenvalue weighted by Crippen LogP contribution is -2.13. The van der Waals surface area contributed by atoms with Gasteiger partial charge in [0.1, 0.15) is 0 Å². The van der Waals surface area contributed by atoms with Crippen molar-refractivity contribution in [3.05, 3.63) is 39.8 Å². The molecule has 0 aliphatic heterocycles. The van der Waals surface area contributed by atoms with Crippen molar-refractivity contribution in [1.29, 1.82) is 0 Å². The first-order valence-electron chi connectivity index (χ1n) is 6.32. The average molecular weight is 386 g/mol. The van der Waals surface area contributed by atoms with E-state index in [2.05, 4.69) is 25.5 Å². The molecule has 2 N–H and O–H groups in total. The molecule has 0 bridgehead atoms. The van der Waals surface area contributed by atoms with Crippen molar-refractivity contribution in [1.82, 2.24) is 20.2 Å². The van der Waals surface area contributed by atoms with E-state index in [4.69, 9.17) is 23.2 Å². The van der Waals surface area contributed by atoms with Crippen molar-refractivity contribution < 1.29 is 4.79 Å². The minimum absolute atomic E-state index is 0.166. The summed E-state index contributed by atoms with van der Waals surface area (Å²) in [6, 6.07) is 5.11. The zero-order valence-corrected chi connectivity index (χ0v) is 14.6. The molecule has 6 nitrogen and oxygen atoms in total. The van der Waals surface area contributed by atoms with Crippen molar-refractivity contribution in [3.63, 3.8) is 0 Å². The fourth-order valence-electron chi connectivity index (χ4n) is 1.68. The Morgan fingerprint density at radius 1 is 1.39 bits per heavy atom. The number of halogens is 2. The summed E-state index contributed by atoms with van der Waals surface area (Å²) >= 11 is 14.6. The molecule has 23 heavy (non-hydrogen) atoms. The van der Waals surface area contributed by atoms with Crippen molar-refractivity contribution in [2.45, 2.75) is 5.16 Å². The van der Waals surface area contributed by atoms with Gasteiger partial charge in [-0.3, -0.25) is 9.89 Å². The molecular formula is C13H9Cl2N5OS2. The van der Waals surface area contributed by atoms with Gasteiger partial charge < -0.3 is 5.32 Å². The number of hydrogen-bond donors (Lipinski definition) is 2. The molecule has 0 aliphatic rings. The van der Waals surface area contributed by atoms with Crippen molar-refractivity contribution in [3.8, 4) is 11.4 Å². The molecule has 0 spiro atoms. The zero-order valence-electron chi connectivity index (χ0n) is 11.4. The molecule has 0 radical (unpaired) electrons. The standard InChI is InChI=1S/C13H9Cl2N5OS2/c14-7-1-2-8(9(15)5-7)11-18-13(20-19-11)23-6-10(21)17-12-16-3-4-22-12/h1-5H,6H2,(H,16,17,21)(H,18,19,20). The van der Waals surface area contributed by atoms with Gasteiger partial charge in [0, 0.05) is 22.2 Å². The summed E-state index contributed by atoms with van der Waals surface area (Å²) in [7, 11) is 0. The van der Waals surface area contributed by atoms with Gasteiger partial charge in [0.25, 0.3) is 0 Å². The molecule has 2 heterocycles. The Hall–Kier alpha value is -1.61. The van der Waals surface area contributed by atoms with E-state index < -0.39 is 0 Å². The third-order valence-corrected chi connectivity index (χ3v) is 4.75. The first-order valence-corrected chi connectivity index (χ1v) is 8.94. The summed E-state index contributed by atoms with van der Waals surface area (Å²) < 4.78 is 0. The molecule has 10 heteroatoms. The lowest BCUT2D eigenvalue weighted by Gasteiger charge is -2.00. The second-order valence-corrected chi connectivity index (χ2v) is 6.95. The smallest absolute Gasteiger partial charge is 0.236 e. The number of thiazole rings is 1. The van der Waals surface area contributed by atoms with E-state index in [0.717, 1.165) is 0 Å². The van der Waals surface area contributed by atoms with Gasteiger partial charge in [-0.05, 0) is 18.2 Å². The molecule has 3 rings (SSSR count). The van der Waals surface area contributed by atoms with Crippen LogP contribution in [0.4, 0.5) is 5.13 Å². The Bertz CT molecular complexity index is 822. The quantitative estimate of drug-likeness (QED) is 0.649. The number of nitrogens with one attached hydrogen (secondary N) is 2. The largest absolute Gasteiger partial charge is 0.301 e. The molecule has 1 amide bonds. The van der Waals surface area contributed by atoms with E-state index in [1.807, 2.05) is 0 Å². The predicted octanol–water partition coefficient (Wildman–Crippen LogP) is 3.97. The number of anilines is 1. The number of aromatic nitrogens is 4. The van der Waals surface area contributed by atoms with Crippen molar-refractivity contribution >= 4 is 57.3 Å². The van der Waals surface area contributed by atoms with Crippen LogP contribution in [0.3, 0.4) is 0 Å². The monoisotopic (exact) mass is 385 g/mol. The maximum absolute atomic E-state index is 11.8. The third-order valence-electron chi connectivity index (χ3n) is 2.66. The molecule has 3 aromatic rings. The van der Waals surface area contributed by atoms with Crippen LogP contribution in [-0.2, 0) is 4.79 Å². The van der Waals surface area contributed by atoms with Crippen molar-refractivity contribution in [2.75, 3.05) is 11.1 Å². The van der Waals surface area contributed by atoms with Crippen LogP contribution in [0.5, 0.6) is 0 Å². The maximum atomic E-state index is 11.8. The predicted molar refractivity (Wildman–Crippen MR) is 93.3 cm³/mol. The van der Waals surface area contributed by atoms with Gasteiger partial charge in [-0.2, -0.15) is 0 Å². The number of nitrogens with zero attached hydrogens (tertiary/aromatic N) is 3. The SMILES string of the molecule is O=C(CSc1n[nH]c(-c2ccc(Cl)cc2Cl)n1)Nc1nccs1. The van der Waals surface area contributed by atoms with E-state index in [0.29, 0.717) is 31.7 Å². The molecule has 0 unspecified atom stereocenters. The Labute approximate surface area is 149 Å². The first-order chi connectivity index (χ1) is 11.1. The number of aromatic amines is 1. The number of carbonyl (C=O) groups is 1. The van der Waals surface area contributed by atoms with Gasteiger partial charge in [-0.1, -0.05) is 35.0 Å². The minimum atomic E-state index is -0.166. The highest BCUT2D eigenvalue weighted by atomic mass is 35.5. The molecule has 0 saturated carbocycles. The summed E-state index contributed by atoms with van der Waals surface area (Å²) in [5, 5.41) is 13.4. The van der Waals surface area contributed by atoms with Crippen LogP contribution in [0.25, 0.3) is 11.4 Å². The number of rotatable bonds is 5. The highest BCUT2D eigenvalue weighted by Crippen LogP contribution is 2.29. The number of carbonyl (C=O) groups excluding carboxylic acids is 1. The maximum Gasteiger partial charge on any atom is 0.236 e. The summed E-state index contributed by atoms with van der Waals surface area (Å²) in [6.07, 6.45) is 1.63. The molecule has 0 atom stereocenters. The van der Waals surface area contributed by atoms with Crippen LogP contribution in [-0.4, -0.2) is 31.8 Å². The Morgan fingerprint density at radius 2 is 2.26 bits per heavy atom.